The number of hydrogen-bond donors (Lipinski definition) is 1. The van der Waals surface area contributed by atoms with Crippen LogP contribution >= 0.6 is 11.6 Å². The number of carbonyl (C=O) groups excluding carboxylic acids is 1. The minimum atomic E-state index is -0.468. The van der Waals surface area contributed by atoms with Crippen molar-refractivity contribution in [2.45, 2.75) is 44.2 Å². The van der Waals surface area contributed by atoms with Crippen LogP contribution in [0, 0.1) is 0 Å². The molecular weight excluding hydrogens is 378 g/mol. The molecule has 0 aromatic carbocycles. The number of nitrogens with zero attached hydrogens (tertiary/aromatic N) is 4. The summed E-state index contributed by atoms with van der Waals surface area (Å²) in [6.07, 6.45) is 12.4. The van der Waals surface area contributed by atoms with Crippen LogP contribution in [-0.4, -0.2) is 32.3 Å². The highest BCUT2D eigenvalue weighted by Crippen LogP contribution is 2.38. The average Bonchev–Trinajstić information content (AvgIpc) is 3.11. The molecule has 0 saturated carbocycles. The number of aromatic nitrogens is 4. The predicted octanol–water partition coefficient (Wildman–Crippen LogP) is 3.58. The van der Waals surface area contributed by atoms with Crippen molar-refractivity contribution in [3.8, 4) is 0 Å². The molecule has 8 heteroatoms. The first kappa shape index (κ1) is 18.8. The fraction of sp³-hybridized carbons (Fsp3) is 0.400. The van der Waals surface area contributed by atoms with Crippen LogP contribution in [0.25, 0.3) is 11.0 Å². The molecule has 0 spiro atoms. The van der Waals surface area contributed by atoms with Crippen molar-refractivity contribution >= 4 is 28.5 Å². The van der Waals surface area contributed by atoms with Gasteiger partial charge in [0.25, 0.3) is 0 Å². The summed E-state index contributed by atoms with van der Waals surface area (Å²) in [5, 5.41) is 8.39. The number of amides is 1. The van der Waals surface area contributed by atoms with Gasteiger partial charge in [-0.1, -0.05) is 25.7 Å². The summed E-state index contributed by atoms with van der Waals surface area (Å²) in [5.41, 5.74) is 1.77. The molecular formula is C20H22ClN5O2. The van der Waals surface area contributed by atoms with Crippen LogP contribution in [0.3, 0.4) is 0 Å². The van der Waals surface area contributed by atoms with Gasteiger partial charge in [-0.25, -0.2) is 9.67 Å². The van der Waals surface area contributed by atoms with Crippen molar-refractivity contribution in [3.05, 3.63) is 53.8 Å². The molecule has 4 rings (SSSR count). The van der Waals surface area contributed by atoms with Gasteiger partial charge in [-0.3, -0.25) is 4.79 Å². The Labute approximate surface area is 168 Å². The number of nitrogens with one attached hydrogen (secondary N) is 1. The highest BCUT2D eigenvalue weighted by Gasteiger charge is 2.33. The van der Waals surface area contributed by atoms with Crippen LogP contribution in [0.2, 0.25) is 5.28 Å². The van der Waals surface area contributed by atoms with E-state index in [1.807, 2.05) is 12.2 Å². The summed E-state index contributed by atoms with van der Waals surface area (Å²) < 4.78 is 7.67. The monoisotopic (exact) mass is 399 g/mol. The molecule has 1 fully saturated rings. The van der Waals surface area contributed by atoms with E-state index in [1.54, 1.807) is 10.9 Å². The van der Waals surface area contributed by atoms with E-state index in [2.05, 4.69) is 40.0 Å². The molecule has 1 N–H and O–H groups in total. The zero-order chi connectivity index (χ0) is 19.7. The summed E-state index contributed by atoms with van der Waals surface area (Å²) in [7, 11) is 0. The zero-order valence-electron chi connectivity index (χ0n) is 15.7. The first-order chi connectivity index (χ1) is 13.5. The highest BCUT2D eigenvalue weighted by atomic mass is 35.5. The smallest absolute Gasteiger partial charge is 0.247 e. The first-order valence-electron chi connectivity index (χ1n) is 9.35. The van der Waals surface area contributed by atoms with Crippen LogP contribution in [0.1, 0.15) is 44.5 Å². The van der Waals surface area contributed by atoms with Gasteiger partial charge in [0, 0.05) is 24.1 Å². The summed E-state index contributed by atoms with van der Waals surface area (Å²) in [6, 6.07) is 0. The lowest BCUT2D eigenvalue weighted by Gasteiger charge is -2.30. The Balaban J connectivity index is 1.73. The third-order valence-electron chi connectivity index (χ3n) is 5.18. The van der Waals surface area contributed by atoms with Crippen molar-refractivity contribution in [1.29, 1.82) is 0 Å². The maximum absolute atomic E-state index is 11.7. The summed E-state index contributed by atoms with van der Waals surface area (Å²) in [6.45, 7) is 6.28. The van der Waals surface area contributed by atoms with Crippen molar-refractivity contribution in [3.63, 3.8) is 0 Å². The number of halogens is 1. The van der Waals surface area contributed by atoms with E-state index < -0.39 is 5.41 Å². The minimum Gasteiger partial charge on any atom is -0.356 e. The summed E-state index contributed by atoms with van der Waals surface area (Å²) >= 11 is 6.29. The van der Waals surface area contributed by atoms with Gasteiger partial charge in [-0.15, -0.1) is 0 Å². The number of carbonyl (C=O) groups is 1. The summed E-state index contributed by atoms with van der Waals surface area (Å²) in [5.74, 6) is -0.239. The van der Waals surface area contributed by atoms with Gasteiger partial charge in [0.15, 0.2) is 11.9 Å². The summed E-state index contributed by atoms with van der Waals surface area (Å²) in [4.78, 5) is 20.7. The Kier molecular flexibility index (Phi) is 5.03. The normalized spacial score (nSPS) is 24.8. The van der Waals surface area contributed by atoms with Gasteiger partial charge in [0.05, 0.1) is 17.3 Å². The average molecular weight is 400 g/mol. The van der Waals surface area contributed by atoms with Gasteiger partial charge in [0.1, 0.15) is 0 Å². The second-order valence-corrected chi connectivity index (χ2v) is 7.67. The van der Waals surface area contributed by atoms with Gasteiger partial charge in [0.2, 0.25) is 11.2 Å². The molecule has 0 bridgehead atoms. The molecule has 1 aliphatic heterocycles. The maximum Gasteiger partial charge on any atom is 0.247 e. The van der Waals surface area contributed by atoms with Crippen LogP contribution < -0.4 is 5.32 Å². The van der Waals surface area contributed by atoms with Crippen LogP contribution in [0.5, 0.6) is 0 Å². The molecule has 7 nitrogen and oxygen atoms in total. The molecule has 2 aromatic rings. The van der Waals surface area contributed by atoms with Gasteiger partial charge in [-0.05, 0) is 43.0 Å². The topological polar surface area (TPSA) is 81.9 Å². The molecule has 1 aliphatic carbocycles. The Morgan fingerprint density at radius 3 is 3.07 bits per heavy atom. The van der Waals surface area contributed by atoms with Crippen molar-refractivity contribution in [2.75, 3.05) is 6.61 Å². The molecule has 146 valence electrons. The largest absolute Gasteiger partial charge is 0.356 e. The quantitative estimate of drug-likeness (QED) is 0.627. The van der Waals surface area contributed by atoms with Crippen LogP contribution in [-0.2, 0) is 14.9 Å². The van der Waals surface area contributed by atoms with Crippen molar-refractivity contribution in [1.82, 2.24) is 25.1 Å². The Hall–Kier alpha value is -2.51. The fourth-order valence-corrected chi connectivity index (χ4v) is 3.97. The molecule has 28 heavy (non-hydrogen) atoms. The first-order valence-corrected chi connectivity index (χ1v) is 9.72. The Morgan fingerprint density at radius 1 is 1.46 bits per heavy atom. The molecule has 2 atom stereocenters. The lowest BCUT2D eigenvalue weighted by Crippen LogP contribution is -2.30. The van der Waals surface area contributed by atoms with E-state index in [1.165, 1.54) is 6.08 Å². The Morgan fingerprint density at radius 2 is 2.32 bits per heavy atom. The van der Waals surface area contributed by atoms with E-state index in [0.29, 0.717) is 12.1 Å². The molecule has 0 radical (unpaired) electrons. The highest BCUT2D eigenvalue weighted by molar-refractivity contribution is 6.28. The number of ether oxygens (including phenoxy) is 1. The standard InChI is InChI=1S/C20H22ClN5O2/c1-3-15(27)23-13-7-6-9-20(2,11-13)17-14-12-22-26(16-8-4-5-10-28-16)18(14)25-19(21)24-17/h3,6-7,9,12,16H,1,4-5,8,10-11H2,2H3,(H,23,27). The third-order valence-corrected chi connectivity index (χ3v) is 5.35. The van der Waals surface area contributed by atoms with Crippen molar-refractivity contribution < 1.29 is 9.53 Å². The number of allylic oxidation sites excluding steroid dienone is 4. The van der Waals surface area contributed by atoms with E-state index >= 15 is 0 Å². The van der Waals surface area contributed by atoms with Gasteiger partial charge < -0.3 is 10.1 Å². The van der Waals surface area contributed by atoms with Gasteiger partial charge >= 0.3 is 0 Å². The molecule has 1 saturated heterocycles. The third kappa shape index (κ3) is 3.47. The second-order valence-electron chi connectivity index (χ2n) is 7.33. The molecule has 2 unspecified atom stereocenters. The lowest BCUT2D eigenvalue weighted by atomic mass is 9.78. The minimum absolute atomic E-state index is 0.137. The molecule has 2 aromatic heterocycles. The predicted molar refractivity (Wildman–Crippen MR) is 107 cm³/mol. The molecule has 2 aliphatic rings. The number of hydrogen-bond acceptors (Lipinski definition) is 5. The molecule has 3 heterocycles. The second kappa shape index (κ2) is 7.48. The van der Waals surface area contributed by atoms with E-state index in [0.717, 1.165) is 42.6 Å². The van der Waals surface area contributed by atoms with E-state index in [9.17, 15) is 4.79 Å². The number of rotatable bonds is 4. The fourth-order valence-electron chi connectivity index (χ4n) is 3.81. The van der Waals surface area contributed by atoms with Crippen LogP contribution in [0.4, 0.5) is 0 Å². The van der Waals surface area contributed by atoms with Crippen molar-refractivity contribution in [2.24, 2.45) is 0 Å². The Bertz CT molecular complexity index is 990. The lowest BCUT2D eigenvalue weighted by molar-refractivity contribution is -0.115. The van der Waals surface area contributed by atoms with E-state index in [4.69, 9.17) is 16.3 Å². The molecule has 1 amide bonds. The maximum atomic E-state index is 11.7. The van der Waals surface area contributed by atoms with Gasteiger partial charge in [-0.2, -0.15) is 10.1 Å². The van der Waals surface area contributed by atoms with E-state index in [-0.39, 0.29) is 17.4 Å². The SMILES string of the molecule is C=CC(=O)NC1=CC=CC(C)(c2nc(Cl)nc3c2cnn3C2CCCCO2)C1. The number of fused-ring (bicyclic) bond motifs is 1. The van der Waals surface area contributed by atoms with Crippen LogP contribution in [0.15, 0.2) is 42.8 Å². The zero-order valence-corrected chi connectivity index (χ0v) is 16.4.